The Bertz CT molecular complexity index is 584. The van der Waals surface area contributed by atoms with Gasteiger partial charge in [-0.1, -0.05) is 49.6 Å². The van der Waals surface area contributed by atoms with Crippen LogP contribution in [-0.4, -0.2) is 33.6 Å². The number of rotatable bonds is 0. The largest absolute Gasteiger partial charge is 0.389 e. The first kappa shape index (κ1) is 18.9. The normalized spacial score (nSPS) is 42.5. The average molecular weight is 347 g/mol. The molecule has 3 heteroatoms. The van der Waals surface area contributed by atoms with Gasteiger partial charge in [-0.05, 0) is 68.3 Å². The molecule has 1 fully saturated rings. The zero-order valence-electron chi connectivity index (χ0n) is 15.9. The van der Waals surface area contributed by atoms with E-state index >= 15 is 0 Å². The monoisotopic (exact) mass is 346 g/mol. The molecular weight excluding hydrogens is 312 g/mol. The Labute approximate surface area is 152 Å². The van der Waals surface area contributed by atoms with E-state index in [9.17, 15) is 15.3 Å². The van der Waals surface area contributed by atoms with Gasteiger partial charge in [0.1, 0.15) is 0 Å². The highest BCUT2D eigenvalue weighted by molar-refractivity contribution is 5.32. The van der Waals surface area contributed by atoms with E-state index in [1.165, 1.54) is 24.0 Å². The molecule has 0 saturated heterocycles. The number of hydrogen-bond acceptors (Lipinski definition) is 3. The van der Waals surface area contributed by atoms with Crippen molar-refractivity contribution in [3.05, 3.63) is 34.9 Å². The van der Waals surface area contributed by atoms with Gasteiger partial charge in [-0.3, -0.25) is 0 Å². The molecule has 0 aliphatic heterocycles. The number of allylic oxidation sites excluding steroid dienone is 2. The van der Waals surface area contributed by atoms with Crippen molar-refractivity contribution in [1.29, 1.82) is 0 Å². The third-order valence-corrected chi connectivity index (χ3v) is 6.84. The Kier molecular flexibility index (Phi) is 5.57. The van der Waals surface area contributed by atoms with Gasteiger partial charge in [0, 0.05) is 0 Å². The lowest BCUT2D eigenvalue weighted by molar-refractivity contribution is 0.0566. The van der Waals surface area contributed by atoms with Crippen LogP contribution in [0.1, 0.15) is 65.7 Å². The highest BCUT2D eigenvalue weighted by Gasteiger charge is 2.43. The zero-order valence-corrected chi connectivity index (χ0v) is 15.9. The van der Waals surface area contributed by atoms with Crippen LogP contribution < -0.4 is 0 Å². The third-order valence-electron chi connectivity index (χ3n) is 6.84. The van der Waals surface area contributed by atoms with Gasteiger partial charge in [0.05, 0.1) is 18.3 Å². The van der Waals surface area contributed by atoms with Gasteiger partial charge in [-0.25, -0.2) is 0 Å². The van der Waals surface area contributed by atoms with Crippen LogP contribution in [0.25, 0.3) is 0 Å². The van der Waals surface area contributed by atoms with Crippen molar-refractivity contribution in [1.82, 2.24) is 0 Å². The molecule has 25 heavy (non-hydrogen) atoms. The minimum atomic E-state index is -0.686. The first-order valence-corrected chi connectivity index (χ1v) is 9.94. The van der Waals surface area contributed by atoms with Crippen LogP contribution in [0.5, 0.6) is 0 Å². The summed E-state index contributed by atoms with van der Waals surface area (Å²) in [4.78, 5) is 0. The molecule has 3 rings (SSSR count). The van der Waals surface area contributed by atoms with Crippen molar-refractivity contribution in [3.8, 4) is 0 Å². The number of aliphatic hydroxyl groups excluding tert-OH is 3. The van der Waals surface area contributed by atoms with Crippen LogP contribution in [0.15, 0.2) is 34.9 Å². The summed E-state index contributed by atoms with van der Waals surface area (Å²) in [5.74, 6) is 0.469. The number of aliphatic hydroxyl groups is 3. The molecule has 5 atom stereocenters. The van der Waals surface area contributed by atoms with Gasteiger partial charge in [-0.2, -0.15) is 0 Å². The highest BCUT2D eigenvalue weighted by Crippen LogP contribution is 2.48. The van der Waals surface area contributed by atoms with E-state index in [2.05, 4.69) is 26.8 Å². The standard InChI is InChI=1S/C22H34O3/c1-14-8-10-18-20(25)13-16-7-5-4-6-15(16)12-17(23)9-11-19(24)21(14)22(18,2)3/h9,11,13,15,17-20,23-25H,4-8,10,12H2,1-3H3/b11-9-,16-13-/t15?,17-,18+,19+,20+/m1/s1. The molecule has 2 bridgehead atoms. The molecule has 3 N–H and O–H groups in total. The van der Waals surface area contributed by atoms with Crippen molar-refractivity contribution in [2.45, 2.75) is 84.0 Å². The van der Waals surface area contributed by atoms with Gasteiger partial charge < -0.3 is 15.3 Å². The fourth-order valence-electron chi connectivity index (χ4n) is 5.48. The molecule has 140 valence electrons. The first-order chi connectivity index (χ1) is 11.8. The molecule has 3 aliphatic carbocycles. The summed E-state index contributed by atoms with van der Waals surface area (Å²) in [6, 6.07) is 0. The Morgan fingerprint density at radius 2 is 1.76 bits per heavy atom. The van der Waals surface area contributed by atoms with Crippen molar-refractivity contribution in [3.63, 3.8) is 0 Å². The lowest BCUT2D eigenvalue weighted by Gasteiger charge is -2.45. The van der Waals surface area contributed by atoms with E-state index in [0.29, 0.717) is 12.3 Å². The summed E-state index contributed by atoms with van der Waals surface area (Å²) >= 11 is 0. The molecule has 0 aromatic rings. The van der Waals surface area contributed by atoms with Crippen LogP contribution in [-0.2, 0) is 0 Å². The molecule has 0 aromatic carbocycles. The van der Waals surface area contributed by atoms with Crippen LogP contribution in [0.2, 0.25) is 0 Å². The van der Waals surface area contributed by atoms with E-state index in [4.69, 9.17) is 0 Å². The molecule has 0 radical (unpaired) electrons. The summed E-state index contributed by atoms with van der Waals surface area (Å²) < 4.78 is 0. The SMILES string of the molecule is CC1=C2[C@@H](O)/C=C\[C@@H](O)CC3CCCC/C3=C/[C@H](O)[C@H](CC1)C2(C)C. The number of hydrogen-bond donors (Lipinski definition) is 3. The zero-order chi connectivity index (χ0) is 18.2. The Morgan fingerprint density at radius 1 is 1.00 bits per heavy atom. The maximum atomic E-state index is 11.1. The summed E-state index contributed by atoms with van der Waals surface area (Å²) in [5, 5.41) is 32.3. The summed E-state index contributed by atoms with van der Waals surface area (Å²) in [7, 11) is 0. The second kappa shape index (κ2) is 7.38. The third kappa shape index (κ3) is 3.79. The molecule has 3 aliphatic rings. The van der Waals surface area contributed by atoms with Gasteiger partial charge >= 0.3 is 0 Å². The van der Waals surface area contributed by atoms with Gasteiger partial charge in [0.15, 0.2) is 0 Å². The molecule has 1 saturated carbocycles. The Hall–Kier alpha value is -0.900. The van der Waals surface area contributed by atoms with E-state index in [0.717, 1.165) is 31.3 Å². The minimum Gasteiger partial charge on any atom is -0.389 e. The molecule has 0 aromatic heterocycles. The molecule has 1 unspecified atom stereocenters. The molecule has 3 nitrogen and oxygen atoms in total. The summed E-state index contributed by atoms with van der Waals surface area (Å²) in [5.41, 5.74) is 3.30. The van der Waals surface area contributed by atoms with Gasteiger partial charge in [0.2, 0.25) is 0 Å². The predicted octanol–water partition coefficient (Wildman–Crippen LogP) is 3.90. The second-order valence-corrected chi connectivity index (χ2v) is 8.87. The van der Waals surface area contributed by atoms with Crippen LogP contribution in [0, 0.1) is 17.3 Å². The van der Waals surface area contributed by atoms with Gasteiger partial charge in [0.25, 0.3) is 0 Å². The molecule has 0 spiro atoms. The van der Waals surface area contributed by atoms with Crippen molar-refractivity contribution in [2.24, 2.45) is 17.3 Å². The van der Waals surface area contributed by atoms with Crippen LogP contribution >= 0.6 is 0 Å². The lowest BCUT2D eigenvalue weighted by atomic mass is 9.61. The van der Waals surface area contributed by atoms with E-state index in [1.807, 2.05) is 0 Å². The van der Waals surface area contributed by atoms with Crippen molar-refractivity contribution >= 4 is 0 Å². The van der Waals surface area contributed by atoms with Crippen LogP contribution in [0.3, 0.4) is 0 Å². The minimum absolute atomic E-state index is 0.119. The Morgan fingerprint density at radius 3 is 2.52 bits per heavy atom. The van der Waals surface area contributed by atoms with Gasteiger partial charge in [-0.15, -0.1) is 0 Å². The summed E-state index contributed by atoms with van der Waals surface area (Å²) in [6.45, 7) is 6.39. The van der Waals surface area contributed by atoms with Crippen molar-refractivity contribution < 1.29 is 15.3 Å². The molecule has 0 heterocycles. The fraction of sp³-hybridized carbons (Fsp3) is 0.727. The van der Waals surface area contributed by atoms with Crippen molar-refractivity contribution in [2.75, 3.05) is 0 Å². The lowest BCUT2D eigenvalue weighted by Crippen LogP contribution is -2.41. The molecular formula is C22H34O3. The van der Waals surface area contributed by atoms with E-state index in [-0.39, 0.29) is 11.3 Å². The summed E-state index contributed by atoms with van der Waals surface area (Å²) in [6.07, 6.45) is 11.0. The Balaban J connectivity index is 2.04. The molecule has 0 amide bonds. The second-order valence-electron chi connectivity index (χ2n) is 8.87. The highest BCUT2D eigenvalue weighted by atomic mass is 16.3. The maximum Gasteiger partial charge on any atom is 0.0940 e. The van der Waals surface area contributed by atoms with E-state index in [1.54, 1.807) is 12.2 Å². The smallest absolute Gasteiger partial charge is 0.0940 e. The fourth-order valence-corrected chi connectivity index (χ4v) is 5.48. The predicted molar refractivity (Wildman–Crippen MR) is 101 cm³/mol. The topological polar surface area (TPSA) is 60.7 Å². The van der Waals surface area contributed by atoms with E-state index < -0.39 is 18.3 Å². The quantitative estimate of drug-likeness (QED) is 0.583. The maximum absolute atomic E-state index is 11.1. The van der Waals surface area contributed by atoms with Crippen LogP contribution in [0.4, 0.5) is 0 Å². The first-order valence-electron chi connectivity index (χ1n) is 9.94. The average Bonchev–Trinajstić information content (AvgIpc) is 2.53. The number of fused-ring (bicyclic) bond motifs is 3.